The lowest BCUT2D eigenvalue weighted by Crippen LogP contribution is -2.50. The molecule has 1 saturated heterocycles. The fraction of sp³-hybridized carbons (Fsp3) is 0.333. The van der Waals surface area contributed by atoms with Gasteiger partial charge in [0.25, 0.3) is 11.8 Å². The molecule has 0 spiro atoms. The molecule has 1 aromatic carbocycles. The predicted molar refractivity (Wildman–Crippen MR) is 91.4 cm³/mol. The highest BCUT2D eigenvalue weighted by atomic mass is 35.5. The van der Waals surface area contributed by atoms with Crippen molar-refractivity contribution in [3.8, 4) is 0 Å². The Morgan fingerprint density at radius 1 is 0.958 bits per heavy atom. The van der Waals surface area contributed by atoms with Gasteiger partial charge in [0.2, 0.25) is 0 Å². The molecule has 5 nitrogen and oxygen atoms in total. The van der Waals surface area contributed by atoms with Crippen LogP contribution in [-0.2, 0) is 0 Å². The average molecular weight is 347 g/mol. The zero-order valence-electron chi connectivity index (χ0n) is 13.7. The molecular weight excluding hydrogens is 328 g/mol. The monoisotopic (exact) mass is 346 g/mol. The van der Waals surface area contributed by atoms with Crippen molar-refractivity contribution in [2.45, 2.75) is 13.8 Å². The molecular formula is C18H19ClN2O3. The highest BCUT2D eigenvalue weighted by Gasteiger charge is 2.27. The number of halogens is 1. The quantitative estimate of drug-likeness (QED) is 0.839. The first kappa shape index (κ1) is 16.6. The van der Waals surface area contributed by atoms with E-state index in [1.807, 2.05) is 6.92 Å². The summed E-state index contributed by atoms with van der Waals surface area (Å²) in [4.78, 5) is 28.6. The lowest BCUT2D eigenvalue weighted by Gasteiger charge is -2.34. The summed E-state index contributed by atoms with van der Waals surface area (Å²) in [5, 5.41) is 0.604. The van der Waals surface area contributed by atoms with Crippen LogP contribution in [0, 0.1) is 13.8 Å². The summed E-state index contributed by atoms with van der Waals surface area (Å²) in [6, 6.07) is 8.62. The Morgan fingerprint density at radius 3 is 2.00 bits per heavy atom. The van der Waals surface area contributed by atoms with Crippen LogP contribution >= 0.6 is 11.6 Å². The Balaban J connectivity index is 1.63. The van der Waals surface area contributed by atoms with Gasteiger partial charge in [0.1, 0.15) is 11.5 Å². The summed E-state index contributed by atoms with van der Waals surface area (Å²) in [7, 11) is 0. The SMILES string of the molecule is Cc1cc(C(=O)N2CCN(C(=O)c3ccc(Cl)cc3)CC2)c(C)o1. The lowest BCUT2D eigenvalue weighted by atomic mass is 10.1. The third-order valence-electron chi connectivity index (χ3n) is 4.22. The van der Waals surface area contributed by atoms with E-state index in [1.165, 1.54) is 0 Å². The lowest BCUT2D eigenvalue weighted by molar-refractivity contribution is 0.0534. The Labute approximate surface area is 145 Å². The summed E-state index contributed by atoms with van der Waals surface area (Å²) in [6.07, 6.45) is 0. The van der Waals surface area contributed by atoms with E-state index in [1.54, 1.807) is 47.1 Å². The van der Waals surface area contributed by atoms with Gasteiger partial charge in [-0.05, 0) is 44.2 Å². The van der Waals surface area contributed by atoms with Crippen LogP contribution in [0.3, 0.4) is 0 Å². The largest absolute Gasteiger partial charge is 0.466 e. The van der Waals surface area contributed by atoms with Crippen LogP contribution < -0.4 is 0 Å². The number of carbonyl (C=O) groups excluding carboxylic acids is 2. The summed E-state index contributed by atoms with van der Waals surface area (Å²) in [5.41, 5.74) is 1.21. The molecule has 0 N–H and O–H groups in total. The van der Waals surface area contributed by atoms with Crippen LogP contribution in [0.1, 0.15) is 32.2 Å². The Kier molecular flexibility index (Phi) is 4.62. The first-order chi connectivity index (χ1) is 11.5. The van der Waals surface area contributed by atoms with Gasteiger partial charge in [-0.1, -0.05) is 11.6 Å². The van der Waals surface area contributed by atoms with Crippen molar-refractivity contribution in [2.75, 3.05) is 26.2 Å². The van der Waals surface area contributed by atoms with E-state index in [4.69, 9.17) is 16.0 Å². The van der Waals surface area contributed by atoms with Gasteiger partial charge in [0.15, 0.2) is 0 Å². The van der Waals surface area contributed by atoms with E-state index >= 15 is 0 Å². The standard InChI is InChI=1S/C18H19ClN2O3/c1-12-11-16(13(2)24-12)18(23)21-9-7-20(8-10-21)17(22)14-3-5-15(19)6-4-14/h3-6,11H,7-10H2,1-2H3. The topological polar surface area (TPSA) is 53.8 Å². The fourth-order valence-electron chi connectivity index (χ4n) is 2.90. The molecule has 0 aliphatic carbocycles. The zero-order valence-corrected chi connectivity index (χ0v) is 14.5. The van der Waals surface area contributed by atoms with Gasteiger partial charge >= 0.3 is 0 Å². The number of benzene rings is 1. The minimum atomic E-state index is -0.0389. The average Bonchev–Trinajstić information content (AvgIpc) is 2.93. The van der Waals surface area contributed by atoms with Gasteiger partial charge in [-0.2, -0.15) is 0 Å². The molecule has 24 heavy (non-hydrogen) atoms. The van der Waals surface area contributed by atoms with Gasteiger partial charge in [-0.25, -0.2) is 0 Å². The summed E-state index contributed by atoms with van der Waals surface area (Å²) in [5.74, 6) is 1.29. The van der Waals surface area contributed by atoms with Gasteiger partial charge < -0.3 is 14.2 Å². The van der Waals surface area contributed by atoms with Gasteiger partial charge in [0.05, 0.1) is 5.56 Å². The number of hydrogen-bond acceptors (Lipinski definition) is 3. The number of piperazine rings is 1. The number of hydrogen-bond donors (Lipinski definition) is 0. The van der Waals surface area contributed by atoms with E-state index in [0.29, 0.717) is 48.1 Å². The zero-order chi connectivity index (χ0) is 17.3. The molecule has 0 bridgehead atoms. The molecule has 1 fully saturated rings. The highest BCUT2D eigenvalue weighted by molar-refractivity contribution is 6.30. The molecule has 1 aromatic heterocycles. The predicted octanol–water partition coefficient (Wildman–Crippen LogP) is 3.15. The number of nitrogens with zero attached hydrogens (tertiary/aromatic N) is 2. The van der Waals surface area contributed by atoms with Crippen LogP contribution in [0.5, 0.6) is 0 Å². The Bertz CT molecular complexity index is 759. The molecule has 0 atom stereocenters. The molecule has 1 aliphatic rings. The first-order valence-electron chi connectivity index (χ1n) is 7.87. The Hall–Kier alpha value is -2.27. The molecule has 0 radical (unpaired) electrons. The summed E-state index contributed by atoms with van der Waals surface area (Å²) in [6.45, 7) is 5.68. The van der Waals surface area contributed by atoms with Gasteiger partial charge in [-0.15, -0.1) is 0 Å². The second-order valence-electron chi connectivity index (χ2n) is 5.92. The number of rotatable bonds is 2. The summed E-state index contributed by atoms with van der Waals surface area (Å²) < 4.78 is 5.43. The van der Waals surface area contributed by atoms with Crippen LogP contribution in [-0.4, -0.2) is 47.8 Å². The van der Waals surface area contributed by atoms with Crippen molar-refractivity contribution in [3.05, 3.63) is 58.0 Å². The number of amides is 2. The molecule has 126 valence electrons. The smallest absolute Gasteiger partial charge is 0.257 e. The van der Waals surface area contributed by atoms with E-state index in [2.05, 4.69) is 0 Å². The van der Waals surface area contributed by atoms with Crippen LogP contribution in [0.15, 0.2) is 34.7 Å². The highest BCUT2D eigenvalue weighted by Crippen LogP contribution is 2.18. The molecule has 2 amide bonds. The molecule has 2 heterocycles. The van der Waals surface area contributed by atoms with E-state index in [0.717, 1.165) is 5.76 Å². The second-order valence-corrected chi connectivity index (χ2v) is 6.35. The first-order valence-corrected chi connectivity index (χ1v) is 8.24. The van der Waals surface area contributed by atoms with E-state index < -0.39 is 0 Å². The normalized spacial score (nSPS) is 14.8. The Morgan fingerprint density at radius 2 is 1.50 bits per heavy atom. The maximum Gasteiger partial charge on any atom is 0.257 e. The second kappa shape index (κ2) is 6.69. The van der Waals surface area contributed by atoms with Gasteiger partial charge in [-0.3, -0.25) is 9.59 Å². The minimum Gasteiger partial charge on any atom is -0.466 e. The van der Waals surface area contributed by atoms with Gasteiger partial charge in [0, 0.05) is 36.8 Å². The summed E-state index contributed by atoms with van der Waals surface area (Å²) >= 11 is 5.85. The van der Waals surface area contributed by atoms with Crippen LogP contribution in [0.25, 0.3) is 0 Å². The van der Waals surface area contributed by atoms with Crippen molar-refractivity contribution < 1.29 is 14.0 Å². The van der Waals surface area contributed by atoms with Crippen molar-refractivity contribution in [3.63, 3.8) is 0 Å². The third kappa shape index (κ3) is 3.31. The number of carbonyl (C=O) groups is 2. The molecule has 3 rings (SSSR count). The number of aryl methyl sites for hydroxylation is 2. The van der Waals surface area contributed by atoms with Crippen LogP contribution in [0.2, 0.25) is 5.02 Å². The maximum absolute atomic E-state index is 12.6. The molecule has 2 aromatic rings. The fourth-order valence-corrected chi connectivity index (χ4v) is 3.03. The van der Waals surface area contributed by atoms with E-state index in [-0.39, 0.29) is 11.8 Å². The van der Waals surface area contributed by atoms with Crippen molar-refractivity contribution in [1.29, 1.82) is 0 Å². The van der Waals surface area contributed by atoms with Crippen molar-refractivity contribution >= 4 is 23.4 Å². The number of furan rings is 1. The third-order valence-corrected chi connectivity index (χ3v) is 4.47. The molecule has 1 aliphatic heterocycles. The molecule has 6 heteroatoms. The minimum absolute atomic E-state index is 0.0332. The maximum atomic E-state index is 12.6. The van der Waals surface area contributed by atoms with Crippen molar-refractivity contribution in [1.82, 2.24) is 9.80 Å². The van der Waals surface area contributed by atoms with Crippen molar-refractivity contribution in [2.24, 2.45) is 0 Å². The molecule has 0 saturated carbocycles. The van der Waals surface area contributed by atoms with Crippen LogP contribution in [0.4, 0.5) is 0 Å². The van der Waals surface area contributed by atoms with E-state index in [9.17, 15) is 9.59 Å². The molecule has 0 unspecified atom stereocenters.